The minimum Gasteiger partial charge on any atom is -0.324 e. The van der Waals surface area contributed by atoms with E-state index in [1.807, 2.05) is 0 Å². The number of hydrogen-bond donors (Lipinski definition) is 1. The van der Waals surface area contributed by atoms with Crippen LogP contribution in [0.1, 0.15) is 12.8 Å². The molecule has 1 N–H and O–H groups in total. The predicted octanol–water partition coefficient (Wildman–Crippen LogP) is 0.576. The number of carbonyl (C=O) groups excluding carboxylic acids is 2. The molecule has 0 bridgehead atoms. The molecule has 2 amide bonds. The number of amides is 2. The van der Waals surface area contributed by atoms with E-state index in [2.05, 4.69) is 5.32 Å². The molecule has 0 spiro atoms. The second kappa shape index (κ2) is 5.00. The molecule has 0 saturated carbocycles. The first-order valence-electron chi connectivity index (χ1n) is 5.78. The maximum atomic E-state index is 12.0. The van der Waals surface area contributed by atoms with Crippen LogP contribution < -0.4 is 5.32 Å². The molecule has 2 rings (SSSR count). The number of nitrogens with zero attached hydrogens (tertiary/aromatic N) is 1. The van der Waals surface area contributed by atoms with E-state index >= 15 is 0 Å². The molecule has 1 aromatic rings. The quantitative estimate of drug-likeness (QED) is 0.878. The second-order valence-corrected chi connectivity index (χ2v) is 6.22. The van der Waals surface area contributed by atoms with Gasteiger partial charge in [-0.2, -0.15) is 0 Å². The molecule has 0 aliphatic carbocycles. The van der Waals surface area contributed by atoms with Gasteiger partial charge in [0.15, 0.2) is 0 Å². The van der Waals surface area contributed by atoms with E-state index in [1.165, 1.54) is 0 Å². The number of benzene rings is 1. The lowest BCUT2D eigenvalue weighted by molar-refractivity contribution is -0.128. The average Bonchev–Trinajstić information content (AvgIpc) is 2.72. The van der Waals surface area contributed by atoms with Crippen molar-refractivity contribution in [3.8, 4) is 0 Å². The highest BCUT2D eigenvalue weighted by Gasteiger charge is 2.41. The summed E-state index contributed by atoms with van der Waals surface area (Å²) in [7, 11) is -3.72. The number of nitrogens with one attached hydrogen (secondary N) is 1. The smallest absolute Gasteiger partial charge is 0.248 e. The zero-order valence-corrected chi connectivity index (χ0v) is 11.2. The molecule has 1 aliphatic heterocycles. The first kappa shape index (κ1) is 13.5. The van der Waals surface area contributed by atoms with Crippen LogP contribution in [-0.4, -0.2) is 36.8 Å². The maximum absolute atomic E-state index is 12.0. The Morgan fingerprint density at radius 1 is 1.32 bits per heavy atom. The largest absolute Gasteiger partial charge is 0.324 e. The van der Waals surface area contributed by atoms with Crippen molar-refractivity contribution in [2.75, 3.05) is 11.6 Å². The van der Waals surface area contributed by atoms with Crippen molar-refractivity contribution in [1.82, 2.24) is 4.31 Å². The topological polar surface area (TPSA) is 83.6 Å². The Kier molecular flexibility index (Phi) is 3.57. The minimum atomic E-state index is -3.72. The highest BCUT2D eigenvalue weighted by Crippen LogP contribution is 2.23. The van der Waals surface area contributed by atoms with Crippen molar-refractivity contribution in [2.45, 2.75) is 18.9 Å². The summed E-state index contributed by atoms with van der Waals surface area (Å²) in [6, 6.07) is 7.74. The number of carbonyl (C=O) groups is 2. The van der Waals surface area contributed by atoms with E-state index in [0.29, 0.717) is 9.99 Å². The van der Waals surface area contributed by atoms with Crippen LogP contribution >= 0.6 is 0 Å². The molecule has 0 radical (unpaired) electrons. The van der Waals surface area contributed by atoms with Crippen molar-refractivity contribution < 1.29 is 18.0 Å². The molecule has 102 valence electrons. The third-order valence-corrected chi connectivity index (χ3v) is 4.03. The summed E-state index contributed by atoms with van der Waals surface area (Å²) in [6.07, 6.45) is 1.21. The van der Waals surface area contributed by atoms with Gasteiger partial charge in [0.1, 0.15) is 6.04 Å². The molecule has 6 nitrogen and oxygen atoms in total. The van der Waals surface area contributed by atoms with Gasteiger partial charge in [0.05, 0.1) is 6.26 Å². The SMILES string of the molecule is CS(=O)(=O)N1C(=O)CCC1C(=O)Nc1ccccc1. The van der Waals surface area contributed by atoms with Gasteiger partial charge in [-0.25, -0.2) is 12.7 Å². The summed E-state index contributed by atoms with van der Waals surface area (Å²) in [6.45, 7) is 0. The van der Waals surface area contributed by atoms with E-state index in [-0.39, 0.29) is 12.8 Å². The molecular formula is C12H14N2O4S. The van der Waals surface area contributed by atoms with Gasteiger partial charge < -0.3 is 5.32 Å². The normalized spacial score (nSPS) is 19.5. The highest BCUT2D eigenvalue weighted by molar-refractivity contribution is 7.89. The number of hydrogen-bond acceptors (Lipinski definition) is 4. The third-order valence-electron chi connectivity index (χ3n) is 2.86. The Labute approximate surface area is 111 Å². The van der Waals surface area contributed by atoms with Crippen LogP contribution in [0.2, 0.25) is 0 Å². The van der Waals surface area contributed by atoms with Crippen LogP contribution in [0.15, 0.2) is 30.3 Å². The van der Waals surface area contributed by atoms with E-state index in [9.17, 15) is 18.0 Å². The first-order valence-corrected chi connectivity index (χ1v) is 7.62. The Balaban J connectivity index is 2.17. The summed E-state index contributed by atoms with van der Waals surface area (Å²) >= 11 is 0. The number of anilines is 1. The molecule has 1 aromatic carbocycles. The van der Waals surface area contributed by atoms with E-state index in [4.69, 9.17) is 0 Å². The van der Waals surface area contributed by atoms with Crippen LogP contribution in [0.5, 0.6) is 0 Å². The lowest BCUT2D eigenvalue weighted by Gasteiger charge is -2.21. The molecule has 1 unspecified atom stereocenters. The van der Waals surface area contributed by atoms with E-state index < -0.39 is 27.9 Å². The average molecular weight is 282 g/mol. The number of rotatable bonds is 3. The standard InChI is InChI=1S/C12H14N2O4S/c1-19(17,18)14-10(7-8-11(14)15)12(16)13-9-5-3-2-4-6-9/h2-6,10H,7-8H2,1H3,(H,13,16). The lowest BCUT2D eigenvalue weighted by atomic mass is 10.2. The number of sulfonamides is 1. The van der Waals surface area contributed by atoms with Gasteiger partial charge in [0.2, 0.25) is 21.8 Å². The fourth-order valence-electron chi connectivity index (χ4n) is 2.06. The Bertz CT molecular complexity index is 597. The molecule has 1 heterocycles. The van der Waals surface area contributed by atoms with Crippen LogP contribution in [-0.2, 0) is 19.6 Å². The fourth-order valence-corrected chi connectivity index (χ4v) is 3.19. The van der Waals surface area contributed by atoms with E-state index in [0.717, 1.165) is 6.26 Å². The Morgan fingerprint density at radius 2 is 1.95 bits per heavy atom. The van der Waals surface area contributed by atoms with Gasteiger partial charge in [-0.1, -0.05) is 18.2 Å². The Morgan fingerprint density at radius 3 is 2.53 bits per heavy atom. The maximum Gasteiger partial charge on any atom is 0.248 e. The van der Waals surface area contributed by atoms with Gasteiger partial charge in [-0.15, -0.1) is 0 Å². The van der Waals surface area contributed by atoms with Crippen molar-refractivity contribution in [1.29, 1.82) is 0 Å². The Hall–Kier alpha value is -1.89. The zero-order valence-electron chi connectivity index (χ0n) is 10.4. The van der Waals surface area contributed by atoms with Crippen LogP contribution in [0.25, 0.3) is 0 Å². The molecule has 19 heavy (non-hydrogen) atoms. The summed E-state index contributed by atoms with van der Waals surface area (Å²) in [5, 5.41) is 2.61. The first-order chi connectivity index (χ1) is 8.89. The summed E-state index contributed by atoms with van der Waals surface area (Å²) < 4.78 is 23.7. The molecule has 1 atom stereocenters. The fraction of sp³-hybridized carbons (Fsp3) is 0.333. The van der Waals surface area contributed by atoms with Crippen LogP contribution in [0.3, 0.4) is 0 Å². The van der Waals surface area contributed by atoms with Crippen molar-refractivity contribution in [3.05, 3.63) is 30.3 Å². The van der Waals surface area contributed by atoms with Gasteiger partial charge >= 0.3 is 0 Å². The van der Waals surface area contributed by atoms with Gasteiger partial charge in [0, 0.05) is 12.1 Å². The predicted molar refractivity (Wildman–Crippen MR) is 69.8 cm³/mol. The van der Waals surface area contributed by atoms with Gasteiger partial charge in [0.25, 0.3) is 0 Å². The summed E-state index contributed by atoms with van der Waals surface area (Å²) in [5.74, 6) is -1.02. The molecule has 1 fully saturated rings. The van der Waals surface area contributed by atoms with Crippen molar-refractivity contribution in [3.63, 3.8) is 0 Å². The monoisotopic (exact) mass is 282 g/mol. The minimum absolute atomic E-state index is 0.0694. The summed E-state index contributed by atoms with van der Waals surface area (Å²) in [4.78, 5) is 23.6. The highest BCUT2D eigenvalue weighted by atomic mass is 32.2. The van der Waals surface area contributed by atoms with Crippen molar-refractivity contribution >= 4 is 27.5 Å². The molecular weight excluding hydrogens is 268 g/mol. The summed E-state index contributed by atoms with van der Waals surface area (Å²) in [5.41, 5.74) is 0.570. The third kappa shape index (κ3) is 2.93. The van der Waals surface area contributed by atoms with E-state index in [1.54, 1.807) is 30.3 Å². The number of para-hydroxylation sites is 1. The van der Waals surface area contributed by atoms with Crippen LogP contribution in [0.4, 0.5) is 5.69 Å². The molecule has 1 aliphatic rings. The van der Waals surface area contributed by atoms with Gasteiger partial charge in [-0.3, -0.25) is 9.59 Å². The van der Waals surface area contributed by atoms with Gasteiger partial charge in [-0.05, 0) is 18.6 Å². The molecule has 1 saturated heterocycles. The second-order valence-electron chi connectivity index (χ2n) is 4.36. The lowest BCUT2D eigenvalue weighted by Crippen LogP contribution is -2.44. The zero-order chi connectivity index (χ0) is 14.0. The van der Waals surface area contributed by atoms with Crippen molar-refractivity contribution in [2.24, 2.45) is 0 Å². The van der Waals surface area contributed by atoms with Crippen LogP contribution in [0, 0.1) is 0 Å². The molecule has 7 heteroatoms. The molecule has 0 aromatic heterocycles.